The van der Waals surface area contributed by atoms with E-state index in [1.165, 1.54) is 12.8 Å². The summed E-state index contributed by atoms with van der Waals surface area (Å²) in [7, 11) is 2.18. The van der Waals surface area contributed by atoms with Crippen LogP contribution in [0.1, 0.15) is 31.2 Å². The van der Waals surface area contributed by atoms with Crippen LogP contribution in [-0.2, 0) is 5.41 Å². The first-order valence-electron chi connectivity index (χ1n) is 6.39. The van der Waals surface area contributed by atoms with Gasteiger partial charge in [-0.25, -0.2) is 0 Å². The fourth-order valence-corrected chi connectivity index (χ4v) is 3.91. The number of nitriles is 1. The average Bonchev–Trinajstić information content (AvgIpc) is 2.63. The molecule has 0 amide bonds. The van der Waals surface area contributed by atoms with Gasteiger partial charge in [-0.05, 0) is 44.4 Å². The lowest BCUT2D eigenvalue weighted by Gasteiger charge is -2.41. The second-order valence-corrected chi connectivity index (χ2v) is 5.92. The number of hydrogen-bond donors (Lipinski definition) is 0. The molecule has 0 radical (unpaired) electrons. The molecular formula is C14H16ClN3. The number of rotatable bonds is 1. The van der Waals surface area contributed by atoms with Gasteiger partial charge >= 0.3 is 0 Å². The molecule has 2 aliphatic heterocycles. The molecule has 3 rings (SSSR count). The molecule has 0 N–H and O–H groups in total. The van der Waals surface area contributed by atoms with Gasteiger partial charge in [-0.15, -0.1) is 0 Å². The molecule has 3 heterocycles. The molecule has 1 aromatic heterocycles. The van der Waals surface area contributed by atoms with E-state index in [0.29, 0.717) is 17.1 Å². The van der Waals surface area contributed by atoms with Gasteiger partial charge in [0, 0.05) is 24.5 Å². The van der Waals surface area contributed by atoms with Crippen molar-refractivity contribution in [3.8, 4) is 6.07 Å². The quantitative estimate of drug-likeness (QED) is 0.780. The molecule has 4 heteroatoms. The first-order chi connectivity index (χ1) is 8.66. The van der Waals surface area contributed by atoms with Crippen molar-refractivity contribution in [2.75, 3.05) is 7.05 Å². The van der Waals surface area contributed by atoms with Gasteiger partial charge in [0.15, 0.2) is 0 Å². The zero-order chi connectivity index (χ0) is 12.8. The maximum atomic E-state index is 9.72. The van der Waals surface area contributed by atoms with Gasteiger partial charge in [0.25, 0.3) is 0 Å². The molecular weight excluding hydrogens is 246 g/mol. The van der Waals surface area contributed by atoms with Crippen LogP contribution in [0.5, 0.6) is 0 Å². The first kappa shape index (κ1) is 12.0. The van der Waals surface area contributed by atoms with Gasteiger partial charge in [0.1, 0.15) is 0 Å². The fourth-order valence-electron chi connectivity index (χ4n) is 3.60. The zero-order valence-corrected chi connectivity index (χ0v) is 11.2. The monoisotopic (exact) mass is 261 g/mol. The minimum Gasteiger partial charge on any atom is -0.300 e. The van der Waals surface area contributed by atoms with Crippen LogP contribution in [0.2, 0.25) is 5.02 Å². The Bertz CT molecular complexity index is 494. The highest BCUT2D eigenvalue weighted by atomic mass is 35.5. The van der Waals surface area contributed by atoms with E-state index < -0.39 is 5.41 Å². The zero-order valence-electron chi connectivity index (χ0n) is 10.4. The molecule has 2 fully saturated rings. The van der Waals surface area contributed by atoms with Gasteiger partial charge < -0.3 is 4.90 Å². The minimum atomic E-state index is -0.418. The summed E-state index contributed by atoms with van der Waals surface area (Å²) in [4.78, 5) is 6.46. The highest BCUT2D eigenvalue weighted by molar-refractivity contribution is 6.31. The highest BCUT2D eigenvalue weighted by Crippen LogP contribution is 2.47. The summed E-state index contributed by atoms with van der Waals surface area (Å²) >= 11 is 6.25. The van der Waals surface area contributed by atoms with Gasteiger partial charge in [-0.2, -0.15) is 5.26 Å². The second-order valence-electron chi connectivity index (χ2n) is 5.51. The van der Waals surface area contributed by atoms with Gasteiger partial charge in [-0.3, -0.25) is 4.98 Å². The van der Waals surface area contributed by atoms with Crippen LogP contribution in [0.3, 0.4) is 0 Å². The highest BCUT2D eigenvalue weighted by Gasteiger charge is 2.48. The normalized spacial score (nSPS) is 35.4. The van der Waals surface area contributed by atoms with Crippen molar-refractivity contribution < 1.29 is 0 Å². The van der Waals surface area contributed by atoms with Crippen molar-refractivity contribution in [2.24, 2.45) is 0 Å². The van der Waals surface area contributed by atoms with Crippen LogP contribution in [0.25, 0.3) is 0 Å². The fraction of sp³-hybridized carbons (Fsp3) is 0.571. The van der Waals surface area contributed by atoms with E-state index >= 15 is 0 Å². The van der Waals surface area contributed by atoms with Crippen molar-refractivity contribution >= 4 is 11.6 Å². The molecule has 2 bridgehead atoms. The van der Waals surface area contributed by atoms with Crippen LogP contribution >= 0.6 is 11.6 Å². The predicted octanol–water partition coefficient (Wildman–Crippen LogP) is 2.75. The molecule has 1 aromatic rings. The Morgan fingerprint density at radius 2 is 2.11 bits per heavy atom. The summed E-state index contributed by atoms with van der Waals surface area (Å²) in [5, 5.41) is 10.3. The van der Waals surface area contributed by atoms with Gasteiger partial charge in [0.2, 0.25) is 0 Å². The van der Waals surface area contributed by atoms with Crippen LogP contribution in [0, 0.1) is 11.3 Å². The Labute approximate surface area is 112 Å². The lowest BCUT2D eigenvalue weighted by atomic mass is 9.71. The molecule has 18 heavy (non-hydrogen) atoms. The Hall–Kier alpha value is -1.11. The molecule has 2 atom stereocenters. The van der Waals surface area contributed by atoms with Crippen LogP contribution in [0.4, 0.5) is 0 Å². The third kappa shape index (κ3) is 1.64. The third-order valence-corrected chi connectivity index (χ3v) is 4.96. The summed E-state index contributed by atoms with van der Waals surface area (Å²) in [5.74, 6) is 0. The van der Waals surface area contributed by atoms with Gasteiger partial charge in [0.05, 0.1) is 16.5 Å². The molecule has 94 valence electrons. The van der Waals surface area contributed by atoms with E-state index in [4.69, 9.17) is 11.6 Å². The number of aromatic nitrogens is 1. The van der Waals surface area contributed by atoms with E-state index in [1.807, 2.05) is 6.07 Å². The maximum absolute atomic E-state index is 9.72. The number of hydrogen-bond acceptors (Lipinski definition) is 3. The molecule has 0 aromatic carbocycles. The molecule has 2 unspecified atom stereocenters. The Morgan fingerprint density at radius 3 is 2.67 bits per heavy atom. The van der Waals surface area contributed by atoms with E-state index in [2.05, 4.69) is 23.0 Å². The van der Waals surface area contributed by atoms with Crippen molar-refractivity contribution in [2.45, 2.75) is 43.2 Å². The summed E-state index contributed by atoms with van der Waals surface area (Å²) in [6.45, 7) is 0. The third-order valence-electron chi connectivity index (χ3n) is 4.66. The average molecular weight is 262 g/mol. The van der Waals surface area contributed by atoms with Gasteiger partial charge in [-0.1, -0.05) is 11.6 Å². The number of nitrogens with zero attached hydrogens (tertiary/aromatic N) is 3. The Morgan fingerprint density at radius 1 is 1.44 bits per heavy atom. The predicted molar refractivity (Wildman–Crippen MR) is 70.3 cm³/mol. The Balaban J connectivity index is 2.03. The molecule has 0 saturated carbocycles. The second kappa shape index (κ2) is 4.22. The molecule has 0 aliphatic carbocycles. The molecule has 2 saturated heterocycles. The summed E-state index contributed by atoms with van der Waals surface area (Å²) in [6.07, 6.45) is 7.57. The van der Waals surface area contributed by atoms with Crippen LogP contribution < -0.4 is 0 Å². The maximum Gasteiger partial charge on any atom is 0.0867 e. The Kier molecular flexibility index (Phi) is 2.80. The molecule has 3 nitrogen and oxygen atoms in total. The van der Waals surface area contributed by atoms with E-state index in [-0.39, 0.29) is 0 Å². The van der Waals surface area contributed by atoms with E-state index in [0.717, 1.165) is 18.4 Å². The smallest absolute Gasteiger partial charge is 0.0867 e. The first-order valence-corrected chi connectivity index (χ1v) is 6.77. The number of fused-ring (bicyclic) bond motifs is 2. The van der Waals surface area contributed by atoms with Crippen molar-refractivity contribution in [3.63, 3.8) is 0 Å². The minimum absolute atomic E-state index is 0.418. The lowest BCUT2D eigenvalue weighted by molar-refractivity contribution is 0.136. The largest absolute Gasteiger partial charge is 0.300 e. The topological polar surface area (TPSA) is 39.9 Å². The van der Waals surface area contributed by atoms with E-state index in [9.17, 15) is 5.26 Å². The lowest BCUT2D eigenvalue weighted by Crippen LogP contribution is -2.47. The van der Waals surface area contributed by atoms with Crippen molar-refractivity contribution in [3.05, 3.63) is 29.0 Å². The van der Waals surface area contributed by atoms with Crippen LogP contribution in [0.15, 0.2) is 18.5 Å². The molecule has 2 aliphatic rings. The SMILES string of the molecule is CN1C2CCC1CC(C#N)(c1ccncc1Cl)C2. The number of halogens is 1. The standard InChI is InChI=1S/C14H16ClN3/c1-18-10-2-3-11(18)7-14(6-10,9-16)12-4-5-17-8-13(12)15/h4-5,8,10-11H,2-3,6-7H2,1H3. The van der Waals surface area contributed by atoms with Crippen molar-refractivity contribution in [1.29, 1.82) is 5.26 Å². The molecule has 0 spiro atoms. The summed E-state index contributed by atoms with van der Waals surface area (Å²) < 4.78 is 0. The van der Waals surface area contributed by atoms with Crippen molar-refractivity contribution in [1.82, 2.24) is 9.88 Å². The summed E-state index contributed by atoms with van der Waals surface area (Å²) in [5.41, 5.74) is 0.546. The summed E-state index contributed by atoms with van der Waals surface area (Å²) in [6, 6.07) is 5.51. The van der Waals surface area contributed by atoms with E-state index in [1.54, 1.807) is 12.4 Å². The van der Waals surface area contributed by atoms with Crippen LogP contribution in [-0.4, -0.2) is 29.0 Å². The number of pyridine rings is 1. The number of piperidine rings is 1.